The van der Waals surface area contributed by atoms with E-state index in [0.717, 1.165) is 22.3 Å². The van der Waals surface area contributed by atoms with Crippen molar-refractivity contribution in [1.29, 1.82) is 0 Å². The Morgan fingerprint density at radius 3 is 2.62 bits per heavy atom. The molecular weight excluding hydrogens is 227 g/mol. The van der Waals surface area contributed by atoms with Gasteiger partial charge >= 0.3 is 0 Å². The molecule has 0 unspecified atom stereocenters. The zero-order chi connectivity index (χ0) is 11.9. The van der Waals surface area contributed by atoms with Crippen LogP contribution in [0.25, 0.3) is 10.9 Å². The van der Waals surface area contributed by atoms with E-state index in [1.807, 2.05) is 20.9 Å². The first-order valence-corrected chi connectivity index (χ1v) is 5.36. The zero-order valence-corrected chi connectivity index (χ0v) is 10.1. The van der Waals surface area contributed by atoms with Gasteiger partial charge in [0.25, 0.3) is 0 Å². The highest BCUT2D eigenvalue weighted by molar-refractivity contribution is 6.36. The van der Waals surface area contributed by atoms with E-state index in [-0.39, 0.29) is 5.82 Å². The number of nitrogens with one attached hydrogen (secondary N) is 1. The van der Waals surface area contributed by atoms with Crippen molar-refractivity contribution < 1.29 is 4.39 Å². The lowest BCUT2D eigenvalue weighted by Crippen LogP contribution is -1.99. The van der Waals surface area contributed by atoms with E-state index in [9.17, 15) is 4.39 Å². The summed E-state index contributed by atoms with van der Waals surface area (Å²) in [5.41, 5.74) is 3.40. The van der Waals surface area contributed by atoms with Crippen molar-refractivity contribution in [2.45, 2.75) is 13.8 Å². The first-order valence-electron chi connectivity index (χ1n) is 4.98. The Labute approximate surface area is 98.4 Å². The first kappa shape index (κ1) is 11.1. The molecule has 0 bridgehead atoms. The number of pyridine rings is 1. The van der Waals surface area contributed by atoms with Crippen molar-refractivity contribution in [1.82, 2.24) is 4.98 Å². The molecule has 0 saturated heterocycles. The second-order valence-corrected chi connectivity index (χ2v) is 4.14. The number of halogens is 2. The Morgan fingerprint density at radius 2 is 2.00 bits per heavy atom. The van der Waals surface area contributed by atoms with Crippen LogP contribution in [0.15, 0.2) is 12.1 Å². The van der Waals surface area contributed by atoms with Crippen LogP contribution in [0.5, 0.6) is 0 Å². The van der Waals surface area contributed by atoms with Gasteiger partial charge < -0.3 is 5.32 Å². The molecule has 0 aliphatic carbocycles. The van der Waals surface area contributed by atoms with Gasteiger partial charge in [-0.25, -0.2) is 4.39 Å². The summed E-state index contributed by atoms with van der Waals surface area (Å²) in [5.74, 6) is -0.365. The molecule has 1 heterocycles. The normalized spacial score (nSPS) is 10.8. The Morgan fingerprint density at radius 1 is 1.31 bits per heavy atom. The third kappa shape index (κ3) is 1.61. The average Bonchev–Trinajstić information content (AvgIpc) is 2.20. The van der Waals surface area contributed by atoms with Crippen LogP contribution in [0.4, 0.5) is 10.1 Å². The molecule has 84 valence electrons. The highest BCUT2D eigenvalue weighted by Gasteiger charge is 2.12. The molecule has 16 heavy (non-hydrogen) atoms. The van der Waals surface area contributed by atoms with E-state index in [1.54, 1.807) is 0 Å². The van der Waals surface area contributed by atoms with E-state index in [2.05, 4.69) is 10.3 Å². The number of rotatable bonds is 1. The van der Waals surface area contributed by atoms with Gasteiger partial charge in [-0.15, -0.1) is 0 Å². The second kappa shape index (κ2) is 3.91. The lowest BCUT2D eigenvalue weighted by atomic mass is 10.1. The Balaban J connectivity index is 2.96. The van der Waals surface area contributed by atoms with Gasteiger partial charge in [0.2, 0.25) is 0 Å². The molecule has 0 amide bonds. The SMILES string of the molecule is CNc1c(C)c(C)nc2cc(F)cc(Cl)c12. The second-order valence-electron chi connectivity index (χ2n) is 3.73. The van der Waals surface area contributed by atoms with Gasteiger partial charge in [-0.1, -0.05) is 11.6 Å². The topological polar surface area (TPSA) is 24.9 Å². The molecule has 1 aromatic heterocycles. The van der Waals surface area contributed by atoms with Crippen molar-refractivity contribution in [2.24, 2.45) is 0 Å². The van der Waals surface area contributed by atoms with Crippen molar-refractivity contribution in [3.8, 4) is 0 Å². The van der Waals surface area contributed by atoms with E-state index in [1.165, 1.54) is 12.1 Å². The van der Waals surface area contributed by atoms with Gasteiger partial charge in [0.1, 0.15) is 5.82 Å². The number of nitrogens with zero attached hydrogens (tertiary/aromatic N) is 1. The van der Waals surface area contributed by atoms with Crippen LogP contribution >= 0.6 is 11.6 Å². The first-order chi connectivity index (χ1) is 7.54. The molecular formula is C12H12ClFN2. The lowest BCUT2D eigenvalue weighted by Gasteiger charge is -2.13. The third-order valence-corrected chi connectivity index (χ3v) is 3.04. The summed E-state index contributed by atoms with van der Waals surface area (Å²) in [4.78, 5) is 4.34. The number of fused-ring (bicyclic) bond motifs is 1. The summed E-state index contributed by atoms with van der Waals surface area (Å²) in [7, 11) is 1.82. The third-order valence-electron chi connectivity index (χ3n) is 2.74. The molecule has 0 atom stereocenters. The summed E-state index contributed by atoms with van der Waals surface area (Å²) in [6.07, 6.45) is 0. The maximum absolute atomic E-state index is 13.2. The summed E-state index contributed by atoms with van der Waals surface area (Å²) in [5, 5.41) is 4.25. The minimum Gasteiger partial charge on any atom is -0.387 e. The molecule has 0 spiro atoms. The van der Waals surface area contributed by atoms with E-state index >= 15 is 0 Å². The summed E-state index contributed by atoms with van der Waals surface area (Å²) < 4.78 is 13.2. The Hall–Kier alpha value is -1.35. The van der Waals surface area contributed by atoms with E-state index < -0.39 is 0 Å². The monoisotopic (exact) mass is 238 g/mol. The van der Waals surface area contributed by atoms with Gasteiger partial charge in [0.05, 0.1) is 10.5 Å². The predicted octanol–water partition coefficient (Wildman–Crippen LogP) is 3.69. The summed E-state index contributed by atoms with van der Waals surface area (Å²) in [6, 6.07) is 2.70. The van der Waals surface area contributed by atoms with Crippen LogP contribution in [-0.2, 0) is 0 Å². The predicted molar refractivity (Wildman–Crippen MR) is 65.7 cm³/mol. The molecule has 2 aromatic rings. The molecule has 2 rings (SSSR count). The smallest absolute Gasteiger partial charge is 0.126 e. The molecule has 0 radical (unpaired) electrons. The molecule has 1 N–H and O–H groups in total. The van der Waals surface area contributed by atoms with Crippen LogP contribution in [0.3, 0.4) is 0 Å². The summed E-state index contributed by atoms with van der Waals surface area (Å²) >= 11 is 6.05. The quantitative estimate of drug-likeness (QED) is 0.820. The minimum atomic E-state index is -0.365. The standard InChI is InChI=1S/C12H12ClFN2/c1-6-7(2)16-10-5-8(14)4-9(13)11(10)12(6)15-3/h4-5H,1-3H3,(H,15,16). The van der Waals surface area contributed by atoms with Gasteiger partial charge in [-0.3, -0.25) is 4.98 Å². The number of hydrogen-bond acceptors (Lipinski definition) is 2. The molecule has 0 fully saturated rings. The molecule has 4 heteroatoms. The van der Waals surface area contributed by atoms with E-state index in [4.69, 9.17) is 11.6 Å². The van der Waals surface area contributed by atoms with Crippen molar-refractivity contribution in [3.05, 3.63) is 34.2 Å². The number of aryl methyl sites for hydroxylation is 1. The lowest BCUT2D eigenvalue weighted by molar-refractivity contribution is 0.629. The molecule has 0 saturated carbocycles. The largest absolute Gasteiger partial charge is 0.387 e. The number of benzene rings is 1. The fourth-order valence-corrected chi connectivity index (χ4v) is 2.14. The van der Waals surface area contributed by atoms with Gasteiger partial charge in [-0.2, -0.15) is 0 Å². The van der Waals surface area contributed by atoms with Gasteiger partial charge in [0.15, 0.2) is 0 Å². The molecule has 1 aromatic carbocycles. The Kier molecular flexibility index (Phi) is 2.72. The number of hydrogen-bond donors (Lipinski definition) is 1. The van der Waals surface area contributed by atoms with Gasteiger partial charge in [-0.05, 0) is 25.5 Å². The maximum Gasteiger partial charge on any atom is 0.126 e. The van der Waals surface area contributed by atoms with E-state index in [0.29, 0.717) is 10.5 Å². The number of anilines is 1. The fourth-order valence-electron chi connectivity index (χ4n) is 1.84. The minimum absolute atomic E-state index is 0.365. The van der Waals surface area contributed by atoms with Crippen LogP contribution < -0.4 is 5.32 Å². The van der Waals surface area contributed by atoms with Crippen LogP contribution in [0, 0.1) is 19.7 Å². The average molecular weight is 239 g/mol. The molecule has 0 aliphatic rings. The number of aromatic nitrogens is 1. The van der Waals surface area contributed by atoms with Gasteiger partial charge in [0, 0.05) is 29.9 Å². The zero-order valence-electron chi connectivity index (χ0n) is 9.36. The van der Waals surface area contributed by atoms with Crippen LogP contribution in [0.1, 0.15) is 11.3 Å². The van der Waals surface area contributed by atoms with Crippen molar-refractivity contribution in [2.75, 3.05) is 12.4 Å². The maximum atomic E-state index is 13.2. The van der Waals surface area contributed by atoms with Crippen LogP contribution in [0.2, 0.25) is 5.02 Å². The highest BCUT2D eigenvalue weighted by Crippen LogP contribution is 2.33. The highest BCUT2D eigenvalue weighted by atomic mass is 35.5. The summed E-state index contributed by atoms with van der Waals surface area (Å²) in [6.45, 7) is 3.86. The fraction of sp³-hybridized carbons (Fsp3) is 0.250. The molecule has 2 nitrogen and oxygen atoms in total. The van der Waals surface area contributed by atoms with Crippen molar-refractivity contribution >= 4 is 28.2 Å². The molecule has 0 aliphatic heterocycles. The Bertz CT molecular complexity index is 567. The van der Waals surface area contributed by atoms with Crippen molar-refractivity contribution in [3.63, 3.8) is 0 Å². The van der Waals surface area contributed by atoms with Crippen LogP contribution in [-0.4, -0.2) is 12.0 Å².